The molecule has 2 unspecified atom stereocenters. The number of hydrogen-bond donors (Lipinski definition) is 0. The number of hydrogen-bond acceptors (Lipinski definition) is 3. The maximum atomic E-state index is 5.37. The van der Waals surface area contributed by atoms with E-state index >= 15 is 0 Å². The minimum absolute atomic E-state index is 0.834. The minimum Gasteiger partial charge on any atom is -0.379 e. The Morgan fingerprint density at radius 1 is 1.25 bits per heavy atom. The molecule has 0 aromatic heterocycles. The first-order chi connectivity index (χ1) is 7.77. The summed E-state index contributed by atoms with van der Waals surface area (Å²) in [6, 6.07) is 0.834. The van der Waals surface area contributed by atoms with Crippen LogP contribution < -0.4 is 0 Å². The summed E-state index contributed by atoms with van der Waals surface area (Å²) >= 11 is 0. The molecule has 2 rings (SSSR count). The zero-order valence-corrected chi connectivity index (χ0v) is 10.8. The lowest BCUT2D eigenvalue weighted by Crippen LogP contribution is -2.39. The quantitative estimate of drug-likeness (QED) is 0.721. The van der Waals surface area contributed by atoms with Gasteiger partial charge in [0.25, 0.3) is 0 Å². The van der Waals surface area contributed by atoms with E-state index in [1.807, 2.05) is 0 Å². The van der Waals surface area contributed by atoms with E-state index in [4.69, 9.17) is 4.74 Å². The normalized spacial score (nSPS) is 30.8. The fraction of sp³-hybridized carbons (Fsp3) is 1.00. The van der Waals surface area contributed by atoms with Crippen LogP contribution in [-0.2, 0) is 4.74 Å². The van der Waals surface area contributed by atoms with E-state index in [1.165, 1.54) is 32.4 Å². The predicted molar refractivity (Wildman–Crippen MR) is 66.7 cm³/mol. The summed E-state index contributed by atoms with van der Waals surface area (Å²) in [4.78, 5) is 5.10. The molecule has 0 aliphatic carbocycles. The molecule has 2 heterocycles. The molecule has 2 atom stereocenters. The van der Waals surface area contributed by atoms with Gasteiger partial charge in [-0.15, -0.1) is 0 Å². The highest BCUT2D eigenvalue weighted by molar-refractivity contribution is 4.81. The highest BCUT2D eigenvalue weighted by atomic mass is 16.5. The second-order valence-corrected chi connectivity index (χ2v) is 5.41. The van der Waals surface area contributed by atoms with Gasteiger partial charge in [0.2, 0.25) is 0 Å². The number of rotatable bonds is 4. The van der Waals surface area contributed by atoms with Crippen LogP contribution in [0.1, 0.15) is 26.2 Å². The summed E-state index contributed by atoms with van der Waals surface area (Å²) in [7, 11) is 2.28. The van der Waals surface area contributed by atoms with Crippen molar-refractivity contribution >= 4 is 0 Å². The van der Waals surface area contributed by atoms with Crippen molar-refractivity contribution in [1.29, 1.82) is 0 Å². The largest absolute Gasteiger partial charge is 0.379 e. The Bertz CT molecular complexity index is 204. The molecule has 3 heteroatoms. The van der Waals surface area contributed by atoms with Gasteiger partial charge in [0, 0.05) is 19.1 Å². The third kappa shape index (κ3) is 3.19. The average molecular weight is 226 g/mol. The Morgan fingerprint density at radius 3 is 2.62 bits per heavy atom. The van der Waals surface area contributed by atoms with E-state index in [2.05, 4.69) is 23.8 Å². The molecule has 3 nitrogen and oxygen atoms in total. The fourth-order valence-corrected chi connectivity index (χ4v) is 3.06. The number of nitrogens with zero attached hydrogens (tertiary/aromatic N) is 2. The third-order valence-electron chi connectivity index (χ3n) is 4.24. The SMILES string of the molecule is CC(CCN1CCOCC1)C1CCCN1C. The molecule has 94 valence electrons. The topological polar surface area (TPSA) is 15.7 Å². The van der Waals surface area contributed by atoms with Gasteiger partial charge in [-0.2, -0.15) is 0 Å². The van der Waals surface area contributed by atoms with Crippen LogP contribution in [0, 0.1) is 5.92 Å². The maximum absolute atomic E-state index is 5.37. The molecule has 2 aliphatic heterocycles. The molecule has 0 radical (unpaired) electrons. The van der Waals surface area contributed by atoms with Crippen LogP contribution in [0.25, 0.3) is 0 Å². The number of likely N-dealkylation sites (tertiary alicyclic amines) is 1. The van der Waals surface area contributed by atoms with Gasteiger partial charge in [0.1, 0.15) is 0 Å². The Balaban J connectivity index is 1.68. The van der Waals surface area contributed by atoms with E-state index in [0.29, 0.717) is 0 Å². The van der Waals surface area contributed by atoms with Crippen molar-refractivity contribution in [3.63, 3.8) is 0 Å². The molecule has 0 aromatic carbocycles. The number of ether oxygens (including phenoxy) is 1. The van der Waals surface area contributed by atoms with Gasteiger partial charge < -0.3 is 9.64 Å². The first-order valence-corrected chi connectivity index (χ1v) is 6.77. The summed E-state index contributed by atoms with van der Waals surface area (Å²) in [5.74, 6) is 0.843. The van der Waals surface area contributed by atoms with Crippen LogP contribution in [0.3, 0.4) is 0 Å². The third-order valence-corrected chi connectivity index (χ3v) is 4.24. The summed E-state index contributed by atoms with van der Waals surface area (Å²) in [6.45, 7) is 9.10. The van der Waals surface area contributed by atoms with Crippen LogP contribution in [0.4, 0.5) is 0 Å². The molecule has 0 saturated carbocycles. The molecule has 2 aliphatic rings. The Kier molecular flexibility index (Phi) is 4.62. The first-order valence-electron chi connectivity index (χ1n) is 6.77. The maximum Gasteiger partial charge on any atom is 0.0594 e. The van der Waals surface area contributed by atoms with Crippen LogP contribution in [-0.4, -0.2) is 62.3 Å². The highest BCUT2D eigenvalue weighted by Crippen LogP contribution is 2.24. The number of morpholine rings is 1. The van der Waals surface area contributed by atoms with E-state index in [0.717, 1.165) is 38.3 Å². The molecule has 0 N–H and O–H groups in total. The van der Waals surface area contributed by atoms with Crippen molar-refractivity contribution in [3.8, 4) is 0 Å². The zero-order chi connectivity index (χ0) is 11.4. The summed E-state index contributed by atoms with van der Waals surface area (Å²) in [5.41, 5.74) is 0. The molecule has 2 saturated heterocycles. The van der Waals surface area contributed by atoms with Crippen LogP contribution >= 0.6 is 0 Å². The molecule has 2 fully saturated rings. The van der Waals surface area contributed by atoms with Gasteiger partial charge in [0.05, 0.1) is 13.2 Å². The molecular formula is C13H26N2O. The Hall–Kier alpha value is -0.120. The lowest BCUT2D eigenvalue weighted by atomic mass is 9.96. The van der Waals surface area contributed by atoms with Gasteiger partial charge >= 0.3 is 0 Å². The van der Waals surface area contributed by atoms with Gasteiger partial charge in [-0.05, 0) is 45.3 Å². The van der Waals surface area contributed by atoms with Crippen LogP contribution in [0.15, 0.2) is 0 Å². The predicted octanol–water partition coefficient (Wildman–Crippen LogP) is 1.44. The molecule has 0 bridgehead atoms. The van der Waals surface area contributed by atoms with Crippen molar-refractivity contribution < 1.29 is 4.74 Å². The summed E-state index contributed by atoms with van der Waals surface area (Å²) in [6.07, 6.45) is 4.14. The molecule has 0 amide bonds. The second-order valence-electron chi connectivity index (χ2n) is 5.41. The van der Waals surface area contributed by atoms with Crippen LogP contribution in [0.2, 0.25) is 0 Å². The second kappa shape index (κ2) is 5.99. The van der Waals surface area contributed by atoms with Crippen molar-refractivity contribution in [2.24, 2.45) is 5.92 Å². The molecule has 0 aromatic rings. The molecule has 0 spiro atoms. The Labute approximate surface area is 99.7 Å². The van der Waals surface area contributed by atoms with Crippen molar-refractivity contribution in [2.75, 3.05) is 46.4 Å². The lowest BCUT2D eigenvalue weighted by Gasteiger charge is -2.30. The monoisotopic (exact) mass is 226 g/mol. The minimum atomic E-state index is 0.834. The summed E-state index contributed by atoms with van der Waals surface area (Å²) < 4.78 is 5.37. The van der Waals surface area contributed by atoms with Crippen molar-refractivity contribution in [2.45, 2.75) is 32.2 Å². The zero-order valence-electron chi connectivity index (χ0n) is 10.8. The smallest absolute Gasteiger partial charge is 0.0594 e. The van der Waals surface area contributed by atoms with E-state index in [1.54, 1.807) is 0 Å². The van der Waals surface area contributed by atoms with E-state index in [-0.39, 0.29) is 0 Å². The molecule has 16 heavy (non-hydrogen) atoms. The van der Waals surface area contributed by atoms with Crippen LogP contribution in [0.5, 0.6) is 0 Å². The van der Waals surface area contributed by atoms with Crippen molar-refractivity contribution in [1.82, 2.24) is 9.80 Å². The van der Waals surface area contributed by atoms with Gasteiger partial charge in [-0.3, -0.25) is 4.90 Å². The average Bonchev–Trinajstić information content (AvgIpc) is 2.74. The van der Waals surface area contributed by atoms with E-state index < -0.39 is 0 Å². The standard InChI is InChI=1S/C13H26N2O/c1-12(13-4-3-6-14(13)2)5-7-15-8-10-16-11-9-15/h12-13H,3-11H2,1-2H3. The van der Waals surface area contributed by atoms with Crippen molar-refractivity contribution in [3.05, 3.63) is 0 Å². The summed E-state index contributed by atoms with van der Waals surface area (Å²) in [5, 5.41) is 0. The highest BCUT2D eigenvalue weighted by Gasteiger charge is 2.26. The fourth-order valence-electron chi connectivity index (χ4n) is 3.06. The van der Waals surface area contributed by atoms with Gasteiger partial charge in [-0.25, -0.2) is 0 Å². The Morgan fingerprint density at radius 2 is 2.00 bits per heavy atom. The first kappa shape index (κ1) is 12.3. The van der Waals surface area contributed by atoms with Gasteiger partial charge in [-0.1, -0.05) is 6.92 Å². The molecular weight excluding hydrogens is 200 g/mol. The van der Waals surface area contributed by atoms with E-state index in [9.17, 15) is 0 Å². The lowest BCUT2D eigenvalue weighted by molar-refractivity contribution is 0.0340. The van der Waals surface area contributed by atoms with Gasteiger partial charge in [0.15, 0.2) is 0 Å².